The minimum atomic E-state index is -0.176. The zero-order valence-corrected chi connectivity index (χ0v) is 11.0. The first-order valence-corrected chi connectivity index (χ1v) is 6.25. The average molecular weight is 266 g/mol. The topological polar surface area (TPSA) is 83.8 Å². The minimum Gasteiger partial charge on any atom is -0.399 e. The number of nitrogens with two attached hydrogens (primary N) is 1. The molecule has 0 atom stereocenters. The van der Waals surface area contributed by atoms with Crippen molar-refractivity contribution < 1.29 is 4.79 Å². The largest absolute Gasteiger partial charge is 0.399 e. The summed E-state index contributed by atoms with van der Waals surface area (Å²) in [6, 6.07) is 12.5. The molecule has 0 unspecified atom stereocenters. The second kappa shape index (κ2) is 4.70. The molecule has 0 saturated heterocycles. The van der Waals surface area contributed by atoms with Gasteiger partial charge in [0.2, 0.25) is 0 Å². The number of nitrogen functional groups attached to an aromatic ring is 1. The number of imidazole rings is 1. The third kappa shape index (κ3) is 2.33. The SMILES string of the molecule is Cc1nc2ccc(C(=O)Nc3cccc(N)c3)cc2[nH]1. The van der Waals surface area contributed by atoms with Crippen molar-refractivity contribution in [3.8, 4) is 0 Å². The van der Waals surface area contributed by atoms with Crippen molar-refractivity contribution in [1.29, 1.82) is 0 Å². The standard InChI is InChI=1S/C15H14N4O/c1-9-17-13-6-5-10(7-14(13)18-9)15(20)19-12-4-2-3-11(16)8-12/h2-8H,16H2,1H3,(H,17,18)(H,19,20). The quantitative estimate of drug-likeness (QED) is 0.623. The lowest BCUT2D eigenvalue weighted by molar-refractivity contribution is 0.102. The first-order chi connectivity index (χ1) is 9.61. The number of aromatic nitrogens is 2. The maximum atomic E-state index is 12.2. The highest BCUT2D eigenvalue weighted by Gasteiger charge is 2.08. The fourth-order valence-corrected chi connectivity index (χ4v) is 2.10. The van der Waals surface area contributed by atoms with E-state index in [0.717, 1.165) is 16.9 Å². The smallest absolute Gasteiger partial charge is 0.255 e. The Morgan fingerprint density at radius 1 is 1.25 bits per heavy atom. The lowest BCUT2D eigenvalue weighted by Crippen LogP contribution is -2.11. The molecule has 0 aliphatic rings. The van der Waals surface area contributed by atoms with Crippen LogP contribution in [0.3, 0.4) is 0 Å². The number of rotatable bonds is 2. The molecule has 5 heteroatoms. The third-order valence-electron chi connectivity index (χ3n) is 3.01. The normalized spacial score (nSPS) is 10.7. The monoisotopic (exact) mass is 266 g/mol. The molecule has 0 radical (unpaired) electrons. The lowest BCUT2D eigenvalue weighted by Gasteiger charge is -2.05. The predicted octanol–water partition coefficient (Wildman–Crippen LogP) is 2.71. The minimum absolute atomic E-state index is 0.176. The van der Waals surface area contributed by atoms with Gasteiger partial charge in [0, 0.05) is 16.9 Å². The Kier molecular flexibility index (Phi) is 2.87. The van der Waals surface area contributed by atoms with Gasteiger partial charge in [0.15, 0.2) is 0 Å². The number of aromatic amines is 1. The maximum Gasteiger partial charge on any atom is 0.255 e. The summed E-state index contributed by atoms with van der Waals surface area (Å²) in [4.78, 5) is 19.6. The maximum absolute atomic E-state index is 12.2. The first-order valence-electron chi connectivity index (χ1n) is 6.25. The molecule has 0 spiro atoms. The van der Waals surface area contributed by atoms with Gasteiger partial charge in [-0.3, -0.25) is 4.79 Å². The van der Waals surface area contributed by atoms with Gasteiger partial charge in [-0.2, -0.15) is 0 Å². The number of aryl methyl sites for hydroxylation is 1. The van der Waals surface area contributed by atoms with Crippen LogP contribution in [0.1, 0.15) is 16.2 Å². The van der Waals surface area contributed by atoms with E-state index in [1.54, 1.807) is 36.4 Å². The van der Waals surface area contributed by atoms with E-state index in [1.807, 2.05) is 13.0 Å². The Labute approximate surface area is 115 Å². The van der Waals surface area contributed by atoms with E-state index >= 15 is 0 Å². The summed E-state index contributed by atoms with van der Waals surface area (Å²) in [5.74, 6) is 0.651. The molecule has 20 heavy (non-hydrogen) atoms. The van der Waals surface area contributed by atoms with E-state index < -0.39 is 0 Å². The average Bonchev–Trinajstić information content (AvgIpc) is 2.77. The number of carbonyl (C=O) groups excluding carboxylic acids is 1. The number of hydrogen-bond acceptors (Lipinski definition) is 3. The van der Waals surface area contributed by atoms with Gasteiger partial charge in [-0.15, -0.1) is 0 Å². The van der Waals surface area contributed by atoms with Gasteiger partial charge in [0.25, 0.3) is 5.91 Å². The number of H-pyrrole nitrogens is 1. The van der Waals surface area contributed by atoms with Crippen LogP contribution < -0.4 is 11.1 Å². The number of amides is 1. The highest BCUT2D eigenvalue weighted by molar-refractivity contribution is 6.06. The molecule has 2 aromatic carbocycles. The van der Waals surface area contributed by atoms with Crippen LogP contribution in [0.4, 0.5) is 11.4 Å². The number of anilines is 2. The van der Waals surface area contributed by atoms with Gasteiger partial charge >= 0.3 is 0 Å². The zero-order valence-electron chi connectivity index (χ0n) is 11.0. The first kappa shape index (κ1) is 12.2. The van der Waals surface area contributed by atoms with E-state index in [0.29, 0.717) is 16.9 Å². The van der Waals surface area contributed by atoms with Crippen LogP contribution in [0.25, 0.3) is 11.0 Å². The van der Waals surface area contributed by atoms with E-state index in [9.17, 15) is 4.79 Å². The van der Waals surface area contributed by atoms with Gasteiger partial charge in [-0.25, -0.2) is 4.98 Å². The summed E-state index contributed by atoms with van der Waals surface area (Å²) in [5, 5.41) is 2.82. The van der Waals surface area contributed by atoms with E-state index in [2.05, 4.69) is 15.3 Å². The van der Waals surface area contributed by atoms with Crippen LogP contribution in [-0.4, -0.2) is 15.9 Å². The molecule has 4 N–H and O–H groups in total. The fraction of sp³-hybridized carbons (Fsp3) is 0.0667. The molecule has 5 nitrogen and oxygen atoms in total. The Hall–Kier alpha value is -2.82. The molecule has 0 saturated carbocycles. The highest BCUT2D eigenvalue weighted by Crippen LogP contribution is 2.16. The van der Waals surface area contributed by atoms with E-state index in [1.165, 1.54) is 0 Å². The molecule has 1 heterocycles. The molecule has 1 amide bonds. The van der Waals surface area contributed by atoms with Crippen LogP contribution in [0.5, 0.6) is 0 Å². The zero-order chi connectivity index (χ0) is 14.1. The second-order valence-electron chi connectivity index (χ2n) is 4.63. The van der Waals surface area contributed by atoms with Crippen molar-refractivity contribution in [2.45, 2.75) is 6.92 Å². The summed E-state index contributed by atoms with van der Waals surface area (Å²) in [7, 11) is 0. The summed E-state index contributed by atoms with van der Waals surface area (Å²) in [5.41, 5.74) is 9.25. The van der Waals surface area contributed by atoms with Crippen LogP contribution in [0, 0.1) is 6.92 Å². The Bertz CT molecular complexity index is 791. The van der Waals surface area contributed by atoms with Gasteiger partial charge in [-0.1, -0.05) is 6.07 Å². The van der Waals surface area contributed by atoms with Crippen LogP contribution >= 0.6 is 0 Å². The van der Waals surface area contributed by atoms with Crippen molar-refractivity contribution in [3.63, 3.8) is 0 Å². The molecule has 0 fully saturated rings. The van der Waals surface area contributed by atoms with E-state index in [-0.39, 0.29) is 5.91 Å². The fourth-order valence-electron chi connectivity index (χ4n) is 2.10. The van der Waals surface area contributed by atoms with Gasteiger partial charge in [-0.05, 0) is 43.3 Å². The van der Waals surface area contributed by atoms with Crippen molar-refractivity contribution in [2.24, 2.45) is 0 Å². The Morgan fingerprint density at radius 2 is 2.10 bits per heavy atom. The van der Waals surface area contributed by atoms with Crippen molar-refractivity contribution >= 4 is 28.3 Å². The molecular formula is C15H14N4O. The number of fused-ring (bicyclic) bond motifs is 1. The molecule has 0 aliphatic carbocycles. The summed E-state index contributed by atoms with van der Waals surface area (Å²) in [6.45, 7) is 1.88. The van der Waals surface area contributed by atoms with Crippen molar-refractivity contribution in [1.82, 2.24) is 9.97 Å². The number of benzene rings is 2. The summed E-state index contributed by atoms with van der Waals surface area (Å²) < 4.78 is 0. The van der Waals surface area contributed by atoms with Crippen molar-refractivity contribution in [3.05, 3.63) is 53.9 Å². The number of nitrogens with zero attached hydrogens (tertiary/aromatic N) is 1. The molecule has 100 valence electrons. The highest BCUT2D eigenvalue weighted by atomic mass is 16.1. The third-order valence-corrected chi connectivity index (χ3v) is 3.01. The van der Waals surface area contributed by atoms with Crippen LogP contribution in [0.15, 0.2) is 42.5 Å². The Morgan fingerprint density at radius 3 is 2.90 bits per heavy atom. The van der Waals surface area contributed by atoms with Crippen LogP contribution in [0.2, 0.25) is 0 Å². The van der Waals surface area contributed by atoms with E-state index in [4.69, 9.17) is 5.73 Å². The Balaban J connectivity index is 1.88. The summed E-state index contributed by atoms with van der Waals surface area (Å²) in [6.07, 6.45) is 0. The second-order valence-corrected chi connectivity index (χ2v) is 4.63. The van der Waals surface area contributed by atoms with Gasteiger partial charge < -0.3 is 16.0 Å². The molecular weight excluding hydrogens is 252 g/mol. The molecule has 0 bridgehead atoms. The number of carbonyl (C=O) groups is 1. The molecule has 3 rings (SSSR count). The van der Waals surface area contributed by atoms with Crippen molar-refractivity contribution in [2.75, 3.05) is 11.1 Å². The molecule has 1 aromatic heterocycles. The lowest BCUT2D eigenvalue weighted by atomic mass is 10.2. The molecule has 0 aliphatic heterocycles. The number of hydrogen-bond donors (Lipinski definition) is 3. The van der Waals surface area contributed by atoms with Gasteiger partial charge in [0.05, 0.1) is 11.0 Å². The van der Waals surface area contributed by atoms with Gasteiger partial charge in [0.1, 0.15) is 5.82 Å². The summed E-state index contributed by atoms with van der Waals surface area (Å²) >= 11 is 0. The van der Waals surface area contributed by atoms with Crippen LogP contribution in [-0.2, 0) is 0 Å². The molecule has 3 aromatic rings. The predicted molar refractivity (Wildman–Crippen MR) is 79.6 cm³/mol. The number of nitrogens with one attached hydrogen (secondary N) is 2.